The highest BCUT2D eigenvalue weighted by Crippen LogP contribution is 2.22. The number of hydrogen-bond acceptors (Lipinski definition) is 3. The second kappa shape index (κ2) is 5.72. The number of nitrogens with two attached hydrogens (primary N) is 1. The van der Waals surface area contributed by atoms with E-state index in [-0.39, 0.29) is 12.5 Å². The summed E-state index contributed by atoms with van der Waals surface area (Å²) < 4.78 is 0.706. The Morgan fingerprint density at radius 2 is 2.27 bits per heavy atom. The van der Waals surface area contributed by atoms with Crippen LogP contribution in [0.5, 0.6) is 0 Å². The summed E-state index contributed by atoms with van der Waals surface area (Å²) >= 11 is 3.25. The van der Waals surface area contributed by atoms with E-state index in [9.17, 15) is 4.79 Å². The number of carbonyl (C=O) groups is 1. The van der Waals surface area contributed by atoms with Crippen LogP contribution in [0.4, 0.5) is 5.69 Å². The molecule has 0 heterocycles. The standard InChI is InChI=1S/C10H13BrN2O2/c11-8-4-1-3-7(9(8)12)10(15)13-5-2-6-14/h1,3-4,14H,2,5-6,12H2,(H,13,15). The summed E-state index contributed by atoms with van der Waals surface area (Å²) in [6.07, 6.45) is 0.541. The SMILES string of the molecule is Nc1c(Br)cccc1C(=O)NCCCO. The van der Waals surface area contributed by atoms with Gasteiger partial charge in [-0.05, 0) is 34.5 Å². The Kier molecular flexibility index (Phi) is 4.58. The maximum Gasteiger partial charge on any atom is 0.253 e. The highest BCUT2D eigenvalue weighted by atomic mass is 79.9. The molecule has 0 aliphatic rings. The Balaban J connectivity index is 2.69. The number of para-hydroxylation sites is 1. The fourth-order valence-corrected chi connectivity index (χ4v) is 1.48. The average molecular weight is 273 g/mol. The van der Waals surface area contributed by atoms with E-state index in [0.717, 1.165) is 0 Å². The predicted octanol–water partition coefficient (Wildman–Crippen LogP) is 1.14. The van der Waals surface area contributed by atoms with Crippen LogP contribution in [0.2, 0.25) is 0 Å². The van der Waals surface area contributed by atoms with Gasteiger partial charge in [0.15, 0.2) is 0 Å². The first-order valence-corrected chi connectivity index (χ1v) is 5.39. The molecule has 0 atom stereocenters. The lowest BCUT2D eigenvalue weighted by Crippen LogP contribution is -2.25. The number of rotatable bonds is 4. The topological polar surface area (TPSA) is 75.4 Å². The smallest absolute Gasteiger partial charge is 0.253 e. The molecule has 1 aromatic rings. The zero-order chi connectivity index (χ0) is 11.3. The number of carbonyl (C=O) groups excluding carboxylic acids is 1. The van der Waals surface area contributed by atoms with E-state index < -0.39 is 0 Å². The number of benzene rings is 1. The molecule has 0 aliphatic heterocycles. The first kappa shape index (κ1) is 12.0. The van der Waals surface area contributed by atoms with Gasteiger partial charge >= 0.3 is 0 Å². The second-order valence-electron chi connectivity index (χ2n) is 3.03. The number of nitrogen functional groups attached to an aromatic ring is 1. The van der Waals surface area contributed by atoms with E-state index in [1.165, 1.54) is 0 Å². The molecular formula is C10H13BrN2O2. The van der Waals surface area contributed by atoms with Gasteiger partial charge in [-0.25, -0.2) is 0 Å². The minimum Gasteiger partial charge on any atom is -0.397 e. The van der Waals surface area contributed by atoms with E-state index in [1.54, 1.807) is 18.2 Å². The molecule has 4 nitrogen and oxygen atoms in total. The third-order valence-corrected chi connectivity index (χ3v) is 2.61. The van der Waals surface area contributed by atoms with Crippen molar-refractivity contribution in [3.05, 3.63) is 28.2 Å². The summed E-state index contributed by atoms with van der Waals surface area (Å²) in [7, 11) is 0. The van der Waals surface area contributed by atoms with Crippen LogP contribution in [0.3, 0.4) is 0 Å². The molecular weight excluding hydrogens is 260 g/mol. The van der Waals surface area contributed by atoms with Crippen molar-refractivity contribution in [2.24, 2.45) is 0 Å². The highest BCUT2D eigenvalue weighted by Gasteiger charge is 2.10. The van der Waals surface area contributed by atoms with Gasteiger partial charge < -0.3 is 16.2 Å². The molecule has 5 heteroatoms. The van der Waals surface area contributed by atoms with Gasteiger partial charge in [-0.1, -0.05) is 6.07 Å². The van der Waals surface area contributed by atoms with Crippen molar-refractivity contribution >= 4 is 27.5 Å². The van der Waals surface area contributed by atoms with Crippen molar-refractivity contribution in [1.29, 1.82) is 0 Å². The molecule has 4 N–H and O–H groups in total. The summed E-state index contributed by atoms with van der Waals surface area (Å²) in [5.41, 5.74) is 6.61. The van der Waals surface area contributed by atoms with Crippen LogP contribution in [0, 0.1) is 0 Å². The van der Waals surface area contributed by atoms with Crippen LogP contribution >= 0.6 is 15.9 Å². The molecule has 1 rings (SSSR count). The van der Waals surface area contributed by atoms with Crippen LogP contribution in [0.25, 0.3) is 0 Å². The Hall–Kier alpha value is -1.07. The van der Waals surface area contributed by atoms with Gasteiger partial charge in [0.05, 0.1) is 11.3 Å². The number of aliphatic hydroxyl groups is 1. The number of aliphatic hydroxyl groups excluding tert-OH is 1. The Bertz CT molecular complexity index is 355. The average Bonchev–Trinajstić information content (AvgIpc) is 2.22. The summed E-state index contributed by atoms with van der Waals surface area (Å²) in [5.74, 6) is -0.220. The van der Waals surface area contributed by atoms with E-state index in [2.05, 4.69) is 21.2 Å². The molecule has 0 spiro atoms. The Morgan fingerprint density at radius 1 is 1.53 bits per heavy atom. The summed E-state index contributed by atoms with van der Waals surface area (Å²) in [6.45, 7) is 0.509. The normalized spacial score (nSPS) is 10.0. The number of amides is 1. The Labute approximate surface area is 96.6 Å². The van der Waals surface area contributed by atoms with Crippen molar-refractivity contribution in [3.8, 4) is 0 Å². The molecule has 0 unspecified atom stereocenters. The Morgan fingerprint density at radius 3 is 2.93 bits per heavy atom. The quantitative estimate of drug-likeness (QED) is 0.569. The number of anilines is 1. The molecule has 1 aromatic carbocycles. The van der Waals surface area contributed by atoms with Crippen LogP contribution in [0.15, 0.2) is 22.7 Å². The van der Waals surface area contributed by atoms with Gasteiger partial charge in [0.1, 0.15) is 0 Å². The fraction of sp³-hybridized carbons (Fsp3) is 0.300. The zero-order valence-electron chi connectivity index (χ0n) is 8.16. The molecule has 0 aliphatic carbocycles. The lowest BCUT2D eigenvalue weighted by Gasteiger charge is -2.07. The zero-order valence-corrected chi connectivity index (χ0v) is 9.75. The van der Waals surface area contributed by atoms with Crippen molar-refractivity contribution in [2.75, 3.05) is 18.9 Å². The van der Waals surface area contributed by atoms with E-state index in [0.29, 0.717) is 28.7 Å². The van der Waals surface area contributed by atoms with Crippen LogP contribution in [0.1, 0.15) is 16.8 Å². The lowest BCUT2D eigenvalue weighted by molar-refractivity contribution is 0.0952. The number of nitrogens with one attached hydrogen (secondary N) is 1. The largest absolute Gasteiger partial charge is 0.397 e. The van der Waals surface area contributed by atoms with Crippen molar-refractivity contribution in [1.82, 2.24) is 5.32 Å². The van der Waals surface area contributed by atoms with E-state index >= 15 is 0 Å². The summed E-state index contributed by atoms with van der Waals surface area (Å²) in [4.78, 5) is 11.6. The predicted molar refractivity (Wildman–Crippen MR) is 62.6 cm³/mol. The fourth-order valence-electron chi connectivity index (χ4n) is 1.11. The minimum atomic E-state index is -0.220. The third-order valence-electron chi connectivity index (χ3n) is 1.92. The van der Waals surface area contributed by atoms with Gasteiger partial charge in [-0.15, -0.1) is 0 Å². The van der Waals surface area contributed by atoms with Crippen LogP contribution < -0.4 is 11.1 Å². The molecule has 1 amide bonds. The van der Waals surface area contributed by atoms with Gasteiger partial charge in [0.2, 0.25) is 0 Å². The maximum absolute atomic E-state index is 11.6. The van der Waals surface area contributed by atoms with Crippen molar-refractivity contribution in [2.45, 2.75) is 6.42 Å². The molecule has 0 aromatic heterocycles. The second-order valence-corrected chi connectivity index (χ2v) is 3.89. The maximum atomic E-state index is 11.6. The van der Waals surface area contributed by atoms with E-state index in [1.807, 2.05) is 0 Å². The third kappa shape index (κ3) is 3.21. The van der Waals surface area contributed by atoms with Crippen LogP contribution in [-0.2, 0) is 0 Å². The van der Waals surface area contributed by atoms with Gasteiger partial charge in [0.25, 0.3) is 5.91 Å². The molecule has 0 saturated heterocycles. The molecule has 0 bridgehead atoms. The highest BCUT2D eigenvalue weighted by molar-refractivity contribution is 9.10. The molecule has 0 fully saturated rings. The van der Waals surface area contributed by atoms with Crippen LogP contribution in [-0.4, -0.2) is 24.2 Å². The molecule has 15 heavy (non-hydrogen) atoms. The first-order valence-electron chi connectivity index (χ1n) is 4.60. The van der Waals surface area contributed by atoms with Crippen molar-refractivity contribution < 1.29 is 9.90 Å². The lowest BCUT2D eigenvalue weighted by atomic mass is 10.1. The first-order chi connectivity index (χ1) is 7.16. The number of hydrogen-bond donors (Lipinski definition) is 3. The van der Waals surface area contributed by atoms with Crippen molar-refractivity contribution in [3.63, 3.8) is 0 Å². The molecule has 0 radical (unpaired) electrons. The summed E-state index contributed by atoms with van der Waals surface area (Å²) in [5, 5.41) is 11.2. The van der Waals surface area contributed by atoms with E-state index in [4.69, 9.17) is 10.8 Å². The monoisotopic (exact) mass is 272 g/mol. The molecule has 0 saturated carbocycles. The summed E-state index contributed by atoms with van der Waals surface area (Å²) in [6, 6.07) is 5.19. The molecule has 82 valence electrons. The number of halogens is 1. The van der Waals surface area contributed by atoms with Gasteiger partial charge in [-0.3, -0.25) is 4.79 Å². The van der Waals surface area contributed by atoms with Gasteiger partial charge in [-0.2, -0.15) is 0 Å². The van der Waals surface area contributed by atoms with Gasteiger partial charge in [0, 0.05) is 17.6 Å². The minimum absolute atomic E-state index is 0.0637.